The van der Waals surface area contributed by atoms with Crippen molar-refractivity contribution in [2.75, 3.05) is 7.05 Å². The standard InChI is InChI=1S/C20H19Cl2N3O2S/c1-25(10-11-5-6-13(21)14(22)9-11)17(26)8-7-16-23-19(27)18-12-3-2-4-15(12)28-20(18)24-16/h5-6,9H,2-4,7-8,10H2,1H3,(H,23,24,27). The van der Waals surface area contributed by atoms with Gasteiger partial charge >= 0.3 is 0 Å². The van der Waals surface area contributed by atoms with Crippen molar-refractivity contribution in [3.63, 3.8) is 0 Å². The molecule has 2 aromatic heterocycles. The molecule has 4 rings (SSSR count). The van der Waals surface area contributed by atoms with Crippen molar-refractivity contribution in [1.29, 1.82) is 0 Å². The summed E-state index contributed by atoms with van der Waals surface area (Å²) in [5, 5.41) is 1.70. The highest BCUT2D eigenvalue weighted by Gasteiger charge is 2.21. The summed E-state index contributed by atoms with van der Waals surface area (Å²) in [5.41, 5.74) is 1.99. The summed E-state index contributed by atoms with van der Waals surface area (Å²) in [6, 6.07) is 5.33. The van der Waals surface area contributed by atoms with Gasteiger partial charge in [0.05, 0.1) is 15.4 Å². The number of hydrogen-bond acceptors (Lipinski definition) is 4. The summed E-state index contributed by atoms with van der Waals surface area (Å²) in [5.74, 6) is 0.538. The largest absolute Gasteiger partial charge is 0.341 e. The minimum absolute atomic E-state index is 0.0255. The Morgan fingerprint density at radius 1 is 1.29 bits per heavy atom. The van der Waals surface area contributed by atoms with Gasteiger partial charge in [0.25, 0.3) is 5.56 Å². The minimum atomic E-state index is -0.0870. The molecule has 0 saturated heterocycles. The number of aromatic amines is 1. The fourth-order valence-electron chi connectivity index (χ4n) is 3.58. The molecule has 2 heterocycles. The summed E-state index contributed by atoms with van der Waals surface area (Å²) in [6.07, 6.45) is 3.77. The molecule has 8 heteroatoms. The third-order valence-electron chi connectivity index (χ3n) is 5.03. The summed E-state index contributed by atoms with van der Waals surface area (Å²) in [7, 11) is 1.74. The maximum absolute atomic E-state index is 12.5. The maximum Gasteiger partial charge on any atom is 0.259 e. The number of aromatic nitrogens is 2. The van der Waals surface area contributed by atoms with Crippen LogP contribution in [0.3, 0.4) is 0 Å². The van der Waals surface area contributed by atoms with Gasteiger partial charge in [-0.3, -0.25) is 9.59 Å². The van der Waals surface area contributed by atoms with E-state index in [0.717, 1.165) is 40.6 Å². The Morgan fingerprint density at radius 3 is 2.89 bits per heavy atom. The number of hydrogen-bond donors (Lipinski definition) is 1. The van der Waals surface area contributed by atoms with Gasteiger partial charge in [-0.15, -0.1) is 11.3 Å². The van der Waals surface area contributed by atoms with Crippen LogP contribution in [0.4, 0.5) is 0 Å². The first-order valence-corrected chi connectivity index (χ1v) is 10.7. The lowest BCUT2D eigenvalue weighted by molar-refractivity contribution is -0.130. The van der Waals surface area contributed by atoms with E-state index in [9.17, 15) is 9.59 Å². The molecule has 3 aromatic rings. The van der Waals surface area contributed by atoms with Crippen LogP contribution in [-0.2, 0) is 30.6 Å². The summed E-state index contributed by atoms with van der Waals surface area (Å²) >= 11 is 13.6. The zero-order valence-electron chi connectivity index (χ0n) is 15.3. The van der Waals surface area contributed by atoms with E-state index in [0.29, 0.717) is 28.8 Å². The van der Waals surface area contributed by atoms with E-state index >= 15 is 0 Å². The third kappa shape index (κ3) is 3.81. The van der Waals surface area contributed by atoms with E-state index < -0.39 is 0 Å². The number of aryl methyl sites for hydroxylation is 3. The van der Waals surface area contributed by atoms with E-state index in [1.165, 1.54) is 4.88 Å². The molecule has 146 valence electrons. The van der Waals surface area contributed by atoms with Crippen LogP contribution in [0.2, 0.25) is 10.0 Å². The van der Waals surface area contributed by atoms with Gasteiger partial charge in [-0.2, -0.15) is 0 Å². The SMILES string of the molecule is CN(Cc1ccc(Cl)c(Cl)c1)C(=O)CCc1nc2sc3c(c2c(=O)[nH]1)CCC3. The van der Waals surface area contributed by atoms with Gasteiger partial charge in [0.2, 0.25) is 5.91 Å². The summed E-state index contributed by atoms with van der Waals surface area (Å²) < 4.78 is 0. The zero-order valence-corrected chi connectivity index (χ0v) is 17.7. The molecule has 1 aliphatic rings. The molecule has 0 aliphatic heterocycles. The molecule has 0 saturated carbocycles. The zero-order chi connectivity index (χ0) is 19.8. The molecule has 0 atom stereocenters. The van der Waals surface area contributed by atoms with Gasteiger partial charge in [0.15, 0.2) is 0 Å². The Kier molecular flexibility index (Phi) is 5.45. The van der Waals surface area contributed by atoms with E-state index in [-0.39, 0.29) is 17.9 Å². The first-order valence-electron chi connectivity index (χ1n) is 9.13. The smallest absolute Gasteiger partial charge is 0.259 e. The maximum atomic E-state index is 12.5. The van der Waals surface area contributed by atoms with Crippen molar-refractivity contribution in [3.05, 3.63) is 60.4 Å². The number of nitrogens with zero attached hydrogens (tertiary/aromatic N) is 2. The Bertz CT molecular complexity index is 1120. The van der Waals surface area contributed by atoms with Gasteiger partial charge in [0, 0.05) is 31.3 Å². The topological polar surface area (TPSA) is 66.1 Å². The molecule has 5 nitrogen and oxygen atoms in total. The average Bonchev–Trinajstić information content (AvgIpc) is 3.23. The lowest BCUT2D eigenvalue weighted by atomic mass is 10.2. The van der Waals surface area contributed by atoms with Crippen molar-refractivity contribution in [2.45, 2.75) is 38.6 Å². The average molecular weight is 436 g/mol. The third-order valence-corrected chi connectivity index (χ3v) is 6.95. The normalized spacial score (nSPS) is 13.1. The number of carbonyl (C=O) groups is 1. The van der Waals surface area contributed by atoms with Crippen molar-refractivity contribution in [1.82, 2.24) is 14.9 Å². The molecule has 0 fully saturated rings. The number of halogens is 2. The van der Waals surface area contributed by atoms with Crippen molar-refractivity contribution < 1.29 is 4.79 Å². The van der Waals surface area contributed by atoms with Crippen molar-refractivity contribution >= 4 is 50.7 Å². The molecular weight excluding hydrogens is 417 g/mol. The highest BCUT2D eigenvalue weighted by atomic mass is 35.5. The van der Waals surface area contributed by atoms with Gasteiger partial charge < -0.3 is 9.88 Å². The molecule has 0 unspecified atom stereocenters. The number of carbonyl (C=O) groups excluding carboxylic acids is 1. The Morgan fingerprint density at radius 2 is 2.11 bits per heavy atom. The van der Waals surface area contributed by atoms with Crippen LogP contribution >= 0.6 is 34.5 Å². The lowest BCUT2D eigenvalue weighted by Gasteiger charge is -2.17. The Labute approximate surface area is 176 Å². The van der Waals surface area contributed by atoms with Gasteiger partial charge in [-0.05, 0) is 42.5 Å². The molecular formula is C20H19Cl2N3O2S. The fourth-order valence-corrected chi connectivity index (χ4v) is 5.18. The second kappa shape index (κ2) is 7.85. The number of rotatable bonds is 5. The molecule has 1 aromatic carbocycles. The van der Waals surface area contributed by atoms with E-state index in [4.69, 9.17) is 23.2 Å². The van der Waals surface area contributed by atoms with Crippen LogP contribution in [-0.4, -0.2) is 27.8 Å². The first-order chi connectivity index (χ1) is 13.4. The number of fused-ring (bicyclic) bond motifs is 3. The Hall–Kier alpha value is -1.89. The summed E-state index contributed by atoms with van der Waals surface area (Å²) in [4.78, 5) is 36.1. The van der Waals surface area contributed by atoms with Gasteiger partial charge in [0.1, 0.15) is 10.7 Å². The van der Waals surface area contributed by atoms with Gasteiger partial charge in [-0.25, -0.2) is 4.98 Å². The quantitative estimate of drug-likeness (QED) is 0.646. The van der Waals surface area contributed by atoms with Crippen LogP contribution in [0.5, 0.6) is 0 Å². The Balaban J connectivity index is 1.43. The second-order valence-corrected chi connectivity index (χ2v) is 8.95. The fraction of sp³-hybridized carbons (Fsp3) is 0.350. The number of nitrogens with one attached hydrogen (secondary N) is 1. The van der Waals surface area contributed by atoms with Gasteiger partial charge in [-0.1, -0.05) is 29.3 Å². The molecule has 1 amide bonds. The number of thiophene rings is 1. The highest BCUT2D eigenvalue weighted by Crippen LogP contribution is 2.34. The molecule has 1 aliphatic carbocycles. The molecule has 28 heavy (non-hydrogen) atoms. The van der Waals surface area contributed by atoms with Crippen LogP contribution in [0.25, 0.3) is 10.2 Å². The molecule has 1 N–H and O–H groups in total. The van der Waals surface area contributed by atoms with E-state index in [1.807, 2.05) is 6.07 Å². The van der Waals surface area contributed by atoms with Crippen LogP contribution in [0.15, 0.2) is 23.0 Å². The second-order valence-electron chi connectivity index (χ2n) is 7.05. The van der Waals surface area contributed by atoms with Crippen LogP contribution in [0.1, 0.15) is 34.7 Å². The lowest BCUT2D eigenvalue weighted by Crippen LogP contribution is -2.26. The summed E-state index contributed by atoms with van der Waals surface area (Å²) in [6.45, 7) is 0.441. The number of amides is 1. The monoisotopic (exact) mass is 435 g/mol. The van der Waals surface area contributed by atoms with Crippen molar-refractivity contribution in [2.24, 2.45) is 0 Å². The van der Waals surface area contributed by atoms with Crippen molar-refractivity contribution in [3.8, 4) is 0 Å². The van der Waals surface area contributed by atoms with E-state index in [1.54, 1.807) is 35.4 Å². The molecule has 0 bridgehead atoms. The van der Waals surface area contributed by atoms with Crippen LogP contribution < -0.4 is 5.56 Å². The minimum Gasteiger partial charge on any atom is -0.341 e. The predicted molar refractivity (Wildman–Crippen MR) is 114 cm³/mol. The highest BCUT2D eigenvalue weighted by molar-refractivity contribution is 7.18. The van der Waals surface area contributed by atoms with E-state index in [2.05, 4.69) is 9.97 Å². The predicted octanol–water partition coefficient (Wildman–Crippen LogP) is 4.37. The first kappa shape index (κ1) is 19.4. The molecule has 0 spiro atoms. The molecule has 0 radical (unpaired) electrons. The number of benzene rings is 1. The van der Waals surface area contributed by atoms with Crippen LogP contribution in [0, 0.1) is 0 Å². The number of H-pyrrole nitrogens is 1.